The summed E-state index contributed by atoms with van der Waals surface area (Å²) in [7, 11) is 3.95. The van der Waals surface area contributed by atoms with Gasteiger partial charge in [-0.3, -0.25) is 4.79 Å². The number of aromatic nitrogens is 2. The molecule has 3 aromatic rings. The van der Waals surface area contributed by atoms with E-state index in [-0.39, 0.29) is 18.3 Å². The number of aryl methyl sites for hydroxylation is 1. The molecule has 0 aliphatic carbocycles. The summed E-state index contributed by atoms with van der Waals surface area (Å²) in [5.41, 5.74) is 4.74. The lowest BCUT2D eigenvalue weighted by Gasteiger charge is -2.11. The van der Waals surface area contributed by atoms with E-state index in [9.17, 15) is 4.79 Å². The predicted octanol–water partition coefficient (Wildman–Crippen LogP) is 2.80. The molecule has 0 spiro atoms. The zero-order valence-electron chi connectivity index (χ0n) is 14.0. The Morgan fingerprint density at radius 3 is 2.62 bits per heavy atom. The van der Waals surface area contributed by atoms with Crippen molar-refractivity contribution in [3.8, 4) is 0 Å². The minimum absolute atomic E-state index is 0. The standard InChI is InChI=1S/C18H20N4O.ClH/c1-12-7-8-14-16(11-12)20-15-6-4-5-13(17(15)21-14)18(23)19-9-10-22(2)3;/h4-8,11H,9-10H2,1-3H3,(H,19,23);1H. The van der Waals surface area contributed by atoms with Crippen molar-refractivity contribution in [3.05, 3.63) is 47.5 Å². The fraction of sp³-hybridized carbons (Fsp3) is 0.278. The molecule has 1 heterocycles. The molecule has 0 aliphatic rings. The van der Waals surface area contributed by atoms with Crippen LogP contribution in [-0.2, 0) is 0 Å². The molecule has 1 aromatic heterocycles. The molecule has 0 bridgehead atoms. The molecule has 0 aliphatic heterocycles. The van der Waals surface area contributed by atoms with Crippen LogP contribution in [-0.4, -0.2) is 48.0 Å². The highest BCUT2D eigenvalue weighted by Gasteiger charge is 2.12. The number of rotatable bonds is 4. The molecule has 3 rings (SSSR count). The number of nitrogens with zero attached hydrogens (tertiary/aromatic N) is 3. The van der Waals surface area contributed by atoms with Gasteiger partial charge in [0.25, 0.3) is 5.91 Å². The molecule has 0 unspecified atom stereocenters. The van der Waals surface area contributed by atoms with Gasteiger partial charge >= 0.3 is 0 Å². The summed E-state index contributed by atoms with van der Waals surface area (Å²) in [5, 5.41) is 2.93. The number of para-hydroxylation sites is 1. The fourth-order valence-corrected chi connectivity index (χ4v) is 2.48. The van der Waals surface area contributed by atoms with Gasteiger partial charge in [0.05, 0.1) is 22.1 Å². The number of carbonyl (C=O) groups excluding carboxylic acids is 1. The van der Waals surface area contributed by atoms with Crippen LogP contribution in [0.15, 0.2) is 36.4 Å². The van der Waals surface area contributed by atoms with Gasteiger partial charge in [0, 0.05) is 13.1 Å². The van der Waals surface area contributed by atoms with Crippen molar-refractivity contribution in [3.63, 3.8) is 0 Å². The van der Waals surface area contributed by atoms with Gasteiger partial charge in [-0.05, 0) is 50.8 Å². The van der Waals surface area contributed by atoms with Gasteiger partial charge in [0.15, 0.2) is 0 Å². The van der Waals surface area contributed by atoms with Crippen molar-refractivity contribution in [2.24, 2.45) is 0 Å². The normalized spacial score (nSPS) is 10.8. The van der Waals surface area contributed by atoms with E-state index in [1.54, 1.807) is 6.07 Å². The fourth-order valence-electron chi connectivity index (χ4n) is 2.48. The molecular weight excluding hydrogens is 324 g/mol. The molecule has 0 saturated heterocycles. The molecule has 0 saturated carbocycles. The minimum atomic E-state index is -0.113. The summed E-state index contributed by atoms with van der Waals surface area (Å²) in [4.78, 5) is 23.7. The van der Waals surface area contributed by atoms with Gasteiger partial charge in [-0.2, -0.15) is 0 Å². The average Bonchev–Trinajstić information content (AvgIpc) is 2.51. The lowest BCUT2D eigenvalue weighted by atomic mass is 10.1. The lowest BCUT2D eigenvalue weighted by molar-refractivity contribution is 0.0952. The Kier molecular flexibility index (Phi) is 5.70. The number of nitrogens with one attached hydrogen (secondary N) is 1. The minimum Gasteiger partial charge on any atom is -0.351 e. The van der Waals surface area contributed by atoms with Gasteiger partial charge < -0.3 is 10.2 Å². The molecule has 1 N–H and O–H groups in total. The number of likely N-dealkylation sites (N-methyl/N-ethyl adjacent to an activating group) is 1. The number of halogens is 1. The summed E-state index contributed by atoms with van der Waals surface area (Å²) in [6, 6.07) is 11.5. The van der Waals surface area contributed by atoms with E-state index in [2.05, 4.69) is 15.3 Å². The molecule has 24 heavy (non-hydrogen) atoms. The Balaban J connectivity index is 0.00000208. The van der Waals surface area contributed by atoms with Crippen molar-refractivity contribution < 1.29 is 4.79 Å². The summed E-state index contributed by atoms with van der Waals surface area (Å²) in [6.45, 7) is 3.42. The monoisotopic (exact) mass is 344 g/mol. The zero-order valence-corrected chi connectivity index (χ0v) is 14.9. The van der Waals surface area contributed by atoms with Crippen LogP contribution in [0.3, 0.4) is 0 Å². The van der Waals surface area contributed by atoms with E-state index < -0.39 is 0 Å². The van der Waals surface area contributed by atoms with E-state index in [1.165, 1.54) is 0 Å². The predicted molar refractivity (Wildman–Crippen MR) is 99.9 cm³/mol. The molecule has 126 valence electrons. The molecule has 0 fully saturated rings. The Hall–Kier alpha value is -2.24. The second-order valence-corrected chi connectivity index (χ2v) is 5.95. The largest absolute Gasteiger partial charge is 0.351 e. The first-order valence-electron chi connectivity index (χ1n) is 7.64. The highest BCUT2D eigenvalue weighted by Crippen LogP contribution is 2.20. The molecule has 1 amide bonds. The Morgan fingerprint density at radius 1 is 1.08 bits per heavy atom. The van der Waals surface area contributed by atoms with Gasteiger partial charge in [-0.25, -0.2) is 9.97 Å². The number of hydrogen-bond acceptors (Lipinski definition) is 4. The third-order valence-electron chi connectivity index (χ3n) is 3.71. The quantitative estimate of drug-likeness (QED) is 0.739. The van der Waals surface area contributed by atoms with E-state index in [1.807, 2.05) is 56.3 Å². The number of carbonyl (C=O) groups is 1. The maximum atomic E-state index is 12.4. The highest BCUT2D eigenvalue weighted by atomic mass is 35.5. The second-order valence-electron chi connectivity index (χ2n) is 5.95. The number of fused-ring (bicyclic) bond motifs is 2. The number of amides is 1. The summed E-state index contributed by atoms with van der Waals surface area (Å²) < 4.78 is 0. The molecule has 0 atom stereocenters. The SMILES string of the molecule is Cc1ccc2nc3c(C(=O)NCCN(C)C)cccc3nc2c1.Cl. The number of benzene rings is 2. The first-order chi connectivity index (χ1) is 11.0. The summed E-state index contributed by atoms with van der Waals surface area (Å²) in [6.07, 6.45) is 0. The van der Waals surface area contributed by atoms with E-state index in [4.69, 9.17) is 0 Å². The van der Waals surface area contributed by atoms with Crippen molar-refractivity contribution >= 4 is 40.4 Å². The first-order valence-corrected chi connectivity index (χ1v) is 7.64. The van der Waals surface area contributed by atoms with Gasteiger partial charge in [0.2, 0.25) is 0 Å². The average molecular weight is 345 g/mol. The van der Waals surface area contributed by atoms with Gasteiger partial charge in [-0.1, -0.05) is 12.1 Å². The van der Waals surface area contributed by atoms with Crippen LogP contribution in [0, 0.1) is 6.92 Å². The van der Waals surface area contributed by atoms with Crippen LogP contribution >= 0.6 is 12.4 Å². The summed E-state index contributed by atoms with van der Waals surface area (Å²) >= 11 is 0. The first kappa shape index (κ1) is 18.1. The maximum absolute atomic E-state index is 12.4. The van der Waals surface area contributed by atoms with Crippen molar-refractivity contribution in [2.75, 3.05) is 27.2 Å². The highest BCUT2D eigenvalue weighted by molar-refractivity contribution is 6.06. The third kappa shape index (κ3) is 3.80. The van der Waals surface area contributed by atoms with E-state index in [0.717, 1.165) is 28.7 Å². The zero-order chi connectivity index (χ0) is 16.4. The van der Waals surface area contributed by atoms with Crippen LogP contribution in [0.4, 0.5) is 0 Å². The molecule has 0 radical (unpaired) electrons. The summed E-state index contributed by atoms with van der Waals surface area (Å²) in [5.74, 6) is -0.113. The number of hydrogen-bond donors (Lipinski definition) is 1. The van der Waals surface area contributed by atoms with Crippen LogP contribution in [0.2, 0.25) is 0 Å². The van der Waals surface area contributed by atoms with Crippen LogP contribution in [0.1, 0.15) is 15.9 Å². The Morgan fingerprint density at radius 2 is 1.88 bits per heavy atom. The second kappa shape index (κ2) is 7.55. The van der Waals surface area contributed by atoms with Crippen LogP contribution < -0.4 is 5.32 Å². The topological polar surface area (TPSA) is 58.1 Å². The van der Waals surface area contributed by atoms with E-state index in [0.29, 0.717) is 17.6 Å². The van der Waals surface area contributed by atoms with Gasteiger partial charge in [-0.15, -0.1) is 12.4 Å². The Labute approximate surface area is 147 Å². The smallest absolute Gasteiger partial charge is 0.253 e. The third-order valence-corrected chi connectivity index (χ3v) is 3.71. The van der Waals surface area contributed by atoms with Crippen molar-refractivity contribution in [1.29, 1.82) is 0 Å². The molecular formula is C18H21ClN4O. The maximum Gasteiger partial charge on any atom is 0.253 e. The van der Waals surface area contributed by atoms with Crippen LogP contribution in [0.5, 0.6) is 0 Å². The Bertz CT molecular complexity index is 879. The lowest BCUT2D eigenvalue weighted by Crippen LogP contribution is -2.31. The molecule has 2 aromatic carbocycles. The van der Waals surface area contributed by atoms with Crippen molar-refractivity contribution in [1.82, 2.24) is 20.2 Å². The van der Waals surface area contributed by atoms with Crippen molar-refractivity contribution in [2.45, 2.75) is 6.92 Å². The van der Waals surface area contributed by atoms with Crippen LogP contribution in [0.25, 0.3) is 22.1 Å². The van der Waals surface area contributed by atoms with E-state index >= 15 is 0 Å². The molecule has 5 nitrogen and oxygen atoms in total. The van der Waals surface area contributed by atoms with Gasteiger partial charge in [0.1, 0.15) is 5.52 Å². The molecule has 6 heteroatoms.